The Bertz CT molecular complexity index is 1390. The van der Waals surface area contributed by atoms with Crippen LogP contribution in [-0.2, 0) is 28.2 Å². The summed E-state index contributed by atoms with van der Waals surface area (Å²) in [7, 11) is 14.8. The second-order valence-corrected chi connectivity index (χ2v) is 9.64. The van der Waals surface area contributed by atoms with Crippen molar-refractivity contribution in [2.45, 2.75) is 6.42 Å². The van der Waals surface area contributed by atoms with Gasteiger partial charge in [0.1, 0.15) is 22.9 Å². The van der Waals surface area contributed by atoms with Crippen LogP contribution in [0.3, 0.4) is 0 Å². The molecule has 14 nitrogen and oxygen atoms in total. The lowest BCUT2D eigenvalue weighted by Gasteiger charge is -2.25. The van der Waals surface area contributed by atoms with E-state index in [2.05, 4.69) is 54.5 Å². The van der Waals surface area contributed by atoms with E-state index in [1.807, 2.05) is 64.6 Å². The average molecular weight is 563 g/mol. The van der Waals surface area contributed by atoms with E-state index in [9.17, 15) is 0 Å². The summed E-state index contributed by atoms with van der Waals surface area (Å²) in [6.07, 6.45) is 4.29. The van der Waals surface area contributed by atoms with Crippen molar-refractivity contribution < 1.29 is 18.6 Å². The molecule has 0 saturated carbocycles. The molecular formula is C27H38N12O2+2. The number of methoxy groups -OCH3 is 2. The third-order valence-electron chi connectivity index (χ3n) is 6.65. The molecule has 2 aromatic carbocycles. The van der Waals surface area contributed by atoms with Crippen molar-refractivity contribution in [3.63, 3.8) is 0 Å². The van der Waals surface area contributed by atoms with E-state index >= 15 is 0 Å². The molecule has 0 fully saturated rings. The average Bonchev–Trinajstić information content (AvgIpc) is 3.48. The Morgan fingerprint density at radius 1 is 0.707 bits per heavy atom. The summed E-state index contributed by atoms with van der Waals surface area (Å²) >= 11 is 0. The first-order valence-corrected chi connectivity index (χ1v) is 13.1. The minimum atomic E-state index is 0.642. The Morgan fingerprint density at radius 3 is 1.46 bits per heavy atom. The van der Waals surface area contributed by atoms with Crippen LogP contribution in [0, 0.1) is 0 Å². The van der Waals surface area contributed by atoms with Crippen LogP contribution in [0.5, 0.6) is 11.5 Å². The number of benzene rings is 2. The topological polar surface area (TPSA) is 118 Å². The first-order chi connectivity index (χ1) is 19.7. The highest BCUT2D eigenvalue weighted by atomic mass is 16.5. The van der Waals surface area contributed by atoms with E-state index in [-0.39, 0.29) is 0 Å². The van der Waals surface area contributed by atoms with Crippen LogP contribution in [-0.4, -0.2) is 61.0 Å². The van der Waals surface area contributed by atoms with E-state index in [4.69, 9.17) is 9.47 Å². The van der Waals surface area contributed by atoms with Gasteiger partial charge in [0, 0.05) is 49.5 Å². The molecule has 0 saturated heterocycles. The normalized spacial score (nSPS) is 11.5. The summed E-state index contributed by atoms with van der Waals surface area (Å²) in [6, 6.07) is 11.6. The minimum Gasteiger partial charge on any atom is -0.495 e. The largest absolute Gasteiger partial charge is 0.495 e. The van der Waals surface area contributed by atoms with Gasteiger partial charge in [-0.25, -0.2) is 9.13 Å². The van der Waals surface area contributed by atoms with Gasteiger partial charge < -0.3 is 19.3 Å². The van der Waals surface area contributed by atoms with Gasteiger partial charge >= 0.3 is 11.9 Å². The first-order valence-electron chi connectivity index (χ1n) is 13.1. The van der Waals surface area contributed by atoms with Crippen LogP contribution in [0.25, 0.3) is 0 Å². The minimum absolute atomic E-state index is 0.642. The van der Waals surface area contributed by atoms with Crippen molar-refractivity contribution in [1.29, 1.82) is 0 Å². The van der Waals surface area contributed by atoms with Crippen LogP contribution in [0.4, 0.5) is 34.6 Å². The van der Waals surface area contributed by atoms with Crippen molar-refractivity contribution in [2.75, 3.05) is 51.2 Å². The molecule has 0 aliphatic carbocycles. The van der Waals surface area contributed by atoms with Crippen molar-refractivity contribution >= 4 is 34.6 Å². The zero-order valence-electron chi connectivity index (χ0n) is 24.9. The van der Waals surface area contributed by atoms with Gasteiger partial charge in [-0.3, -0.25) is 0 Å². The third-order valence-corrected chi connectivity index (χ3v) is 6.65. The van der Waals surface area contributed by atoms with Gasteiger partial charge in [-0.1, -0.05) is 10.2 Å². The van der Waals surface area contributed by atoms with Gasteiger partial charge in [-0.15, -0.1) is 9.36 Å². The van der Waals surface area contributed by atoms with Crippen molar-refractivity contribution in [2.24, 2.45) is 48.6 Å². The molecule has 2 aromatic heterocycles. The molecule has 216 valence electrons. The zero-order valence-corrected chi connectivity index (χ0v) is 24.9. The molecule has 41 heavy (non-hydrogen) atoms. The fourth-order valence-corrected chi connectivity index (χ4v) is 4.32. The fourth-order valence-electron chi connectivity index (χ4n) is 4.32. The summed E-state index contributed by atoms with van der Waals surface area (Å²) in [5.74, 6) is 2.75. The number of aromatic nitrogens is 6. The number of hydrogen-bond donors (Lipinski definition) is 0. The van der Waals surface area contributed by atoms with Gasteiger partial charge in [0.05, 0.1) is 53.8 Å². The maximum absolute atomic E-state index is 5.67. The highest BCUT2D eigenvalue weighted by Crippen LogP contribution is 2.34. The van der Waals surface area contributed by atoms with E-state index in [1.54, 1.807) is 45.4 Å². The maximum Gasteiger partial charge on any atom is 0.403 e. The highest BCUT2D eigenvalue weighted by molar-refractivity contribution is 5.64. The van der Waals surface area contributed by atoms with Crippen LogP contribution in [0.1, 0.15) is 6.42 Å². The number of hydrogen-bond acceptors (Lipinski definition) is 10. The van der Waals surface area contributed by atoms with Crippen molar-refractivity contribution in [1.82, 2.24) is 19.6 Å². The monoisotopic (exact) mass is 562 g/mol. The Balaban J connectivity index is 1.37. The summed E-state index contributed by atoms with van der Waals surface area (Å²) in [5.41, 5.74) is 3.36. The molecule has 14 heteroatoms. The van der Waals surface area contributed by atoms with Gasteiger partial charge in [0.25, 0.3) is 0 Å². The lowest BCUT2D eigenvalue weighted by molar-refractivity contribution is -0.659. The Kier molecular flexibility index (Phi) is 9.22. The number of aryl methyl sites for hydroxylation is 4. The summed E-state index contributed by atoms with van der Waals surface area (Å²) in [4.78, 5) is 4.35. The molecule has 0 aliphatic heterocycles. The Labute approximate surface area is 239 Å². The highest BCUT2D eigenvalue weighted by Gasteiger charge is 2.15. The lowest BCUT2D eigenvalue weighted by atomic mass is 10.2. The number of ether oxygens (including phenoxy) is 2. The molecule has 0 bridgehead atoms. The van der Waals surface area contributed by atoms with E-state index in [0.717, 1.165) is 42.4 Å². The van der Waals surface area contributed by atoms with Gasteiger partial charge in [-0.2, -0.15) is 0 Å². The van der Waals surface area contributed by atoms with Gasteiger partial charge in [-0.05, 0) is 40.9 Å². The number of nitrogens with zero attached hydrogens (tertiary/aromatic N) is 12. The summed E-state index contributed by atoms with van der Waals surface area (Å²) < 4.78 is 18.3. The maximum atomic E-state index is 5.67. The Hall–Kier alpha value is -4.88. The molecular weight excluding hydrogens is 524 g/mol. The predicted octanol–water partition coefficient (Wildman–Crippen LogP) is 3.61. The quantitative estimate of drug-likeness (QED) is 0.192. The summed E-state index contributed by atoms with van der Waals surface area (Å²) in [5, 5.41) is 25.7. The molecule has 0 spiro atoms. The molecule has 0 amide bonds. The zero-order chi connectivity index (χ0) is 29.5. The Morgan fingerprint density at radius 2 is 1.12 bits per heavy atom. The van der Waals surface area contributed by atoms with Crippen molar-refractivity contribution in [3.05, 3.63) is 49.1 Å². The van der Waals surface area contributed by atoms with E-state index in [0.29, 0.717) is 23.3 Å². The van der Waals surface area contributed by atoms with Crippen LogP contribution in [0.2, 0.25) is 0 Å². The second-order valence-electron chi connectivity index (χ2n) is 9.64. The molecule has 0 unspecified atom stereocenters. The number of azo groups is 2. The van der Waals surface area contributed by atoms with Crippen LogP contribution in [0.15, 0.2) is 69.5 Å². The van der Waals surface area contributed by atoms with Gasteiger partial charge in [0.2, 0.25) is 12.7 Å². The smallest absolute Gasteiger partial charge is 0.403 e. The molecule has 0 atom stereocenters. The predicted molar refractivity (Wildman–Crippen MR) is 154 cm³/mol. The molecule has 0 radical (unpaired) electrons. The molecule has 2 heterocycles. The molecule has 4 rings (SSSR count). The third kappa shape index (κ3) is 6.83. The van der Waals surface area contributed by atoms with Crippen molar-refractivity contribution in [3.8, 4) is 11.5 Å². The van der Waals surface area contributed by atoms with Gasteiger partial charge in [0.15, 0.2) is 0 Å². The first kappa shape index (κ1) is 29.1. The molecule has 0 aliphatic rings. The fraction of sp³-hybridized carbons (Fsp3) is 0.407. The molecule has 0 N–H and O–H groups in total. The standard InChI is InChI=1S/C27H38N12O2/c1-34(22-12-10-20(16-24(22)40-7)30-32-26-36(3)18-28-38(26)5)14-9-15-35(2)23-13-11-21(17-25(23)41-8)31-33-27-37(4)19-29-39(27)6/h10-13,16-19H,9,14-15H2,1-8H3/q+2. The molecule has 4 aromatic rings. The number of rotatable bonds is 12. The summed E-state index contributed by atoms with van der Waals surface area (Å²) in [6.45, 7) is 1.64. The van der Waals surface area contributed by atoms with E-state index < -0.39 is 0 Å². The van der Waals surface area contributed by atoms with E-state index in [1.165, 1.54) is 0 Å². The van der Waals surface area contributed by atoms with Crippen LogP contribution >= 0.6 is 0 Å². The lowest BCUT2D eigenvalue weighted by Crippen LogP contribution is -2.25. The SMILES string of the molecule is COc1cc(/N=N/c2n(C)nc[n+]2C)ccc1N(C)CCCN(C)c1ccc(/N=N/c2n(C)nc[n+]2C)cc1OC. The van der Waals surface area contributed by atoms with Crippen LogP contribution < -0.4 is 28.4 Å². The second kappa shape index (κ2) is 13.0. The number of anilines is 2.